The zero-order chi connectivity index (χ0) is 18.2. The molecule has 0 unspecified atom stereocenters. The maximum absolute atomic E-state index is 11.2. The molecule has 1 aromatic carbocycles. The largest absolute Gasteiger partial charge is 0.478 e. The maximum Gasteiger partial charge on any atom is 0.335 e. The topological polar surface area (TPSA) is 62.2 Å². The van der Waals surface area contributed by atoms with Crippen molar-refractivity contribution in [2.45, 2.75) is 52.5 Å². The van der Waals surface area contributed by atoms with Gasteiger partial charge in [0.25, 0.3) is 0 Å². The number of rotatable bonds is 3. The third-order valence-electron chi connectivity index (χ3n) is 5.37. The van der Waals surface area contributed by atoms with Crippen LogP contribution in [0.2, 0.25) is 5.02 Å². The summed E-state index contributed by atoms with van der Waals surface area (Å²) in [7, 11) is 0. The van der Waals surface area contributed by atoms with E-state index >= 15 is 0 Å². The minimum atomic E-state index is -0.954. The minimum Gasteiger partial charge on any atom is -0.478 e. The maximum atomic E-state index is 11.2. The fourth-order valence-electron chi connectivity index (χ4n) is 3.71. The van der Waals surface area contributed by atoms with Gasteiger partial charge in [0.1, 0.15) is 5.82 Å². The van der Waals surface area contributed by atoms with Gasteiger partial charge in [-0.25, -0.2) is 9.78 Å². The first-order valence-corrected chi connectivity index (χ1v) is 9.21. The first-order valence-electron chi connectivity index (χ1n) is 8.84. The van der Waals surface area contributed by atoms with Crippen molar-refractivity contribution in [2.75, 3.05) is 5.32 Å². The molecule has 1 fully saturated rings. The molecule has 134 valence electrons. The fraction of sp³-hybridized carbons (Fsp3) is 0.500. The van der Waals surface area contributed by atoms with Gasteiger partial charge in [0, 0.05) is 23.0 Å². The van der Waals surface area contributed by atoms with E-state index in [1.807, 2.05) is 0 Å². The molecule has 5 heteroatoms. The van der Waals surface area contributed by atoms with E-state index in [2.05, 4.69) is 31.1 Å². The Morgan fingerprint density at radius 3 is 2.52 bits per heavy atom. The van der Waals surface area contributed by atoms with Crippen LogP contribution in [0.25, 0.3) is 10.8 Å². The van der Waals surface area contributed by atoms with Crippen LogP contribution < -0.4 is 5.32 Å². The summed E-state index contributed by atoms with van der Waals surface area (Å²) in [6.07, 6.45) is 6.36. The van der Waals surface area contributed by atoms with Crippen LogP contribution in [-0.4, -0.2) is 22.1 Å². The van der Waals surface area contributed by atoms with E-state index in [-0.39, 0.29) is 5.56 Å². The molecule has 0 bridgehead atoms. The fourth-order valence-corrected chi connectivity index (χ4v) is 3.98. The molecule has 25 heavy (non-hydrogen) atoms. The summed E-state index contributed by atoms with van der Waals surface area (Å²) in [6, 6.07) is 5.30. The minimum absolute atomic E-state index is 0.234. The predicted molar refractivity (Wildman–Crippen MR) is 103 cm³/mol. The highest BCUT2D eigenvalue weighted by Crippen LogP contribution is 2.39. The molecular weight excluding hydrogens is 336 g/mol. The van der Waals surface area contributed by atoms with Crippen molar-refractivity contribution in [1.82, 2.24) is 4.98 Å². The highest BCUT2D eigenvalue weighted by molar-refractivity contribution is 6.38. The smallest absolute Gasteiger partial charge is 0.335 e. The number of nitrogens with zero attached hydrogens (tertiary/aromatic N) is 1. The zero-order valence-corrected chi connectivity index (χ0v) is 15.7. The molecule has 0 spiro atoms. The van der Waals surface area contributed by atoms with Crippen LogP contribution in [-0.2, 0) is 0 Å². The summed E-state index contributed by atoms with van der Waals surface area (Å²) in [5, 5.41) is 14.7. The van der Waals surface area contributed by atoms with Gasteiger partial charge in [-0.3, -0.25) is 0 Å². The number of hydrogen-bond acceptors (Lipinski definition) is 3. The summed E-state index contributed by atoms with van der Waals surface area (Å²) in [5.74, 6) is 0.449. The lowest BCUT2D eigenvalue weighted by Gasteiger charge is -2.37. The van der Waals surface area contributed by atoms with Crippen molar-refractivity contribution in [1.29, 1.82) is 0 Å². The summed E-state index contributed by atoms with van der Waals surface area (Å²) < 4.78 is 0. The van der Waals surface area contributed by atoms with E-state index in [0.717, 1.165) is 29.5 Å². The molecule has 1 heterocycles. The van der Waals surface area contributed by atoms with Gasteiger partial charge >= 0.3 is 5.97 Å². The van der Waals surface area contributed by atoms with E-state index in [1.165, 1.54) is 12.8 Å². The number of fused-ring (bicyclic) bond motifs is 1. The number of pyridine rings is 1. The quantitative estimate of drug-likeness (QED) is 0.747. The molecule has 0 radical (unpaired) electrons. The molecule has 0 saturated heterocycles. The highest BCUT2D eigenvalue weighted by Gasteiger charge is 2.30. The first kappa shape index (κ1) is 18.0. The molecule has 0 aliphatic heterocycles. The van der Waals surface area contributed by atoms with E-state index in [9.17, 15) is 9.90 Å². The first-order chi connectivity index (χ1) is 11.8. The average Bonchev–Trinajstić information content (AvgIpc) is 2.57. The van der Waals surface area contributed by atoms with Crippen LogP contribution in [0.1, 0.15) is 56.8 Å². The third kappa shape index (κ3) is 3.90. The van der Waals surface area contributed by atoms with Gasteiger partial charge in [-0.15, -0.1) is 0 Å². The predicted octanol–water partition coefficient (Wildman–Crippen LogP) is 5.60. The summed E-state index contributed by atoms with van der Waals surface area (Å²) >= 11 is 6.52. The number of benzene rings is 1. The van der Waals surface area contributed by atoms with Crippen LogP contribution >= 0.6 is 11.6 Å². The third-order valence-corrected chi connectivity index (χ3v) is 5.75. The zero-order valence-electron chi connectivity index (χ0n) is 15.0. The number of aromatic carboxylic acids is 1. The lowest BCUT2D eigenvalue weighted by atomic mass is 9.71. The lowest BCUT2D eigenvalue weighted by Crippen LogP contribution is -2.31. The second-order valence-corrected chi connectivity index (χ2v) is 8.46. The van der Waals surface area contributed by atoms with E-state index in [1.54, 1.807) is 24.4 Å². The van der Waals surface area contributed by atoms with Crippen molar-refractivity contribution in [3.8, 4) is 0 Å². The molecule has 1 aliphatic carbocycles. The summed E-state index contributed by atoms with van der Waals surface area (Å²) in [4.78, 5) is 15.6. The highest BCUT2D eigenvalue weighted by atomic mass is 35.5. The van der Waals surface area contributed by atoms with Crippen molar-refractivity contribution in [3.63, 3.8) is 0 Å². The summed E-state index contributed by atoms with van der Waals surface area (Å²) in [5.41, 5.74) is 0.592. The number of hydrogen-bond donors (Lipinski definition) is 2. The number of halogens is 1. The van der Waals surface area contributed by atoms with E-state index in [4.69, 9.17) is 11.6 Å². The Hall–Kier alpha value is -1.81. The second kappa shape index (κ2) is 6.83. The number of carbonyl (C=O) groups is 1. The van der Waals surface area contributed by atoms with Gasteiger partial charge in [0.2, 0.25) is 0 Å². The van der Waals surface area contributed by atoms with Crippen LogP contribution in [0.5, 0.6) is 0 Å². The monoisotopic (exact) mass is 360 g/mol. The Labute approximate surface area is 153 Å². The van der Waals surface area contributed by atoms with Gasteiger partial charge in [-0.1, -0.05) is 38.4 Å². The Kier molecular flexibility index (Phi) is 4.92. The Morgan fingerprint density at radius 2 is 1.92 bits per heavy atom. The van der Waals surface area contributed by atoms with Crippen molar-refractivity contribution in [2.24, 2.45) is 11.3 Å². The molecule has 4 nitrogen and oxygen atoms in total. The lowest BCUT2D eigenvalue weighted by molar-refractivity contribution is 0.0697. The summed E-state index contributed by atoms with van der Waals surface area (Å²) in [6.45, 7) is 6.94. The number of aromatic nitrogens is 1. The number of carboxylic acids is 1. The number of anilines is 1. The molecular formula is C20H25ClN2O2. The van der Waals surface area contributed by atoms with Crippen molar-refractivity contribution < 1.29 is 9.90 Å². The molecule has 2 N–H and O–H groups in total. The van der Waals surface area contributed by atoms with Gasteiger partial charge in [0.15, 0.2) is 0 Å². The number of nitrogens with one attached hydrogen (secondary N) is 1. The van der Waals surface area contributed by atoms with Crippen LogP contribution in [0, 0.1) is 11.3 Å². The molecule has 1 saturated carbocycles. The van der Waals surface area contributed by atoms with Gasteiger partial charge in [-0.2, -0.15) is 0 Å². The van der Waals surface area contributed by atoms with Crippen LogP contribution in [0.15, 0.2) is 24.4 Å². The normalized spacial score (nSPS) is 21.3. The molecule has 1 aliphatic rings. The van der Waals surface area contributed by atoms with Gasteiger partial charge < -0.3 is 10.4 Å². The standard InChI is InChI=1S/C20H25ClN2O2/c1-20(2,3)14-6-8-15(9-7-14)23-18-17(21)16-10-12(19(24)25)4-5-13(16)11-22-18/h4-5,10-11,14-15H,6-9H2,1-3H3,(H,22,23)(H,24,25). The van der Waals surface area contributed by atoms with Crippen LogP contribution in [0.3, 0.4) is 0 Å². The van der Waals surface area contributed by atoms with Crippen molar-refractivity contribution >= 4 is 34.2 Å². The number of carboxylic acid groups (broad SMARTS) is 1. The SMILES string of the molecule is CC(C)(C)C1CCC(Nc2ncc3ccc(C(=O)O)cc3c2Cl)CC1. The Morgan fingerprint density at radius 1 is 1.24 bits per heavy atom. The molecule has 0 atom stereocenters. The van der Waals surface area contributed by atoms with Gasteiger partial charge in [-0.05, 0) is 49.1 Å². The van der Waals surface area contributed by atoms with Crippen molar-refractivity contribution in [3.05, 3.63) is 35.0 Å². The molecule has 3 rings (SSSR count). The molecule has 0 amide bonds. The van der Waals surface area contributed by atoms with Crippen LogP contribution in [0.4, 0.5) is 5.82 Å². The average molecular weight is 361 g/mol. The van der Waals surface area contributed by atoms with Gasteiger partial charge in [0.05, 0.1) is 10.6 Å². The molecule has 1 aromatic heterocycles. The molecule has 2 aromatic rings. The Balaban J connectivity index is 1.78. The van der Waals surface area contributed by atoms with E-state index < -0.39 is 5.97 Å². The van der Waals surface area contributed by atoms with E-state index in [0.29, 0.717) is 22.3 Å². The second-order valence-electron chi connectivity index (χ2n) is 8.09. The Bertz CT molecular complexity index is 790.